The van der Waals surface area contributed by atoms with Crippen LogP contribution in [0.15, 0.2) is 97.3 Å². The molecule has 160 valence electrons. The molecule has 0 radical (unpaired) electrons. The van der Waals surface area contributed by atoms with E-state index in [-0.39, 0.29) is 11.9 Å². The molecule has 32 heavy (non-hydrogen) atoms. The van der Waals surface area contributed by atoms with Crippen molar-refractivity contribution in [3.05, 3.63) is 108 Å². The molecule has 0 saturated heterocycles. The van der Waals surface area contributed by atoms with Crippen LogP contribution in [0.1, 0.15) is 29.3 Å². The number of hydrogen-bond donors (Lipinski definition) is 2. The average molecular weight is 423 g/mol. The van der Waals surface area contributed by atoms with Crippen molar-refractivity contribution < 1.29 is 4.79 Å². The Morgan fingerprint density at radius 3 is 2.28 bits per heavy atom. The summed E-state index contributed by atoms with van der Waals surface area (Å²) < 4.78 is 0. The van der Waals surface area contributed by atoms with Gasteiger partial charge in [0.2, 0.25) is 0 Å². The Bertz CT molecular complexity index is 1150. The predicted octanol–water partition coefficient (Wildman–Crippen LogP) is 5.64. The minimum Gasteiger partial charge on any atom is -0.350 e. The summed E-state index contributed by atoms with van der Waals surface area (Å²) in [7, 11) is 0. The summed E-state index contributed by atoms with van der Waals surface area (Å²) in [6.07, 6.45) is 3.38. The monoisotopic (exact) mass is 422 g/mol. The van der Waals surface area contributed by atoms with Crippen LogP contribution in [0.4, 0.5) is 11.5 Å². The molecule has 0 bridgehead atoms. The first-order valence-corrected chi connectivity index (χ1v) is 10.8. The van der Waals surface area contributed by atoms with Crippen molar-refractivity contribution in [2.45, 2.75) is 25.8 Å². The van der Waals surface area contributed by atoms with Crippen LogP contribution < -0.4 is 10.6 Å². The summed E-state index contributed by atoms with van der Waals surface area (Å²) in [5, 5.41) is 6.36. The van der Waals surface area contributed by atoms with E-state index in [1.54, 1.807) is 6.33 Å². The fourth-order valence-electron chi connectivity index (χ4n) is 3.45. The number of aryl methyl sites for hydroxylation is 1. The number of aromatic nitrogens is 2. The summed E-state index contributed by atoms with van der Waals surface area (Å²) in [6, 6.07) is 29.7. The van der Waals surface area contributed by atoms with Crippen LogP contribution in [0, 0.1) is 0 Å². The van der Waals surface area contributed by atoms with Gasteiger partial charge in [0.15, 0.2) is 0 Å². The first kappa shape index (κ1) is 21.2. The number of carbonyl (C=O) groups is 1. The van der Waals surface area contributed by atoms with Crippen LogP contribution in [-0.2, 0) is 6.42 Å². The van der Waals surface area contributed by atoms with Crippen LogP contribution in [0.3, 0.4) is 0 Å². The van der Waals surface area contributed by atoms with Gasteiger partial charge in [0.25, 0.3) is 5.91 Å². The SMILES string of the molecule is C[C@@H](CCc1ccccc1)NC(=O)c1ccc(Nc2cc(-c3ccccc3)ncn2)cc1. The molecular weight excluding hydrogens is 396 g/mol. The van der Waals surface area contributed by atoms with Gasteiger partial charge in [0.1, 0.15) is 12.1 Å². The number of rotatable bonds is 8. The number of amides is 1. The lowest BCUT2D eigenvalue weighted by Crippen LogP contribution is -2.32. The van der Waals surface area contributed by atoms with Crippen molar-refractivity contribution in [3.8, 4) is 11.3 Å². The average Bonchev–Trinajstić information content (AvgIpc) is 2.84. The van der Waals surface area contributed by atoms with Gasteiger partial charge in [-0.05, 0) is 49.6 Å². The molecule has 0 aliphatic carbocycles. The molecule has 0 aliphatic heterocycles. The normalized spacial score (nSPS) is 11.5. The highest BCUT2D eigenvalue weighted by Gasteiger charge is 2.10. The van der Waals surface area contributed by atoms with Crippen molar-refractivity contribution in [2.75, 3.05) is 5.32 Å². The van der Waals surface area contributed by atoms with E-state index in [0.717, 1.165) is 29.8 Å². The van der Waals surface area contributed by atoms with Crippen molar-refractivity contribution in [2.24, 2.45) is 0 Å². The van der Waals surface area contributed by atoms with Crippen LogP contribution in [-0.4, -0.2) is 21.9 Å². The Labute approximate surface area is 188 Å². The van der Waals surface area contributed by atoms with Gasteiger partial charge in [-0.25, -0.2) is 9.97 Å². The largest absolute Gasteiger partial charge is 0.350 e. The standard InChI is InChI=1S/C27H26N4O/c1-20(12-13-21-8-4-2-5-9-21)30-27(32)23-14-16-24(17-15-23)31-26-18-25(28-19-29-26)22-10-6-3-7-11-22/h2-11,14-20H,12-13H2,1H3,(H,30,32)(H,28,29,31)/t20-/m0/s1. The third kappa shape index (κ3) is 5.79. The Morgan fingerprint density at radius 1 is 0.875 bits per heavy atom. The molecule has 4 rings (SSSR count). The smallest absolute Gasteiger partial charge is 0.251 e. The van der Waals surface area contributed by atoms with Crippen molar-refractivity contribution in [1.82, 2.24) is 15.3 Å². The first-order chi connectivity index (χ1) is 15.7. The van der Waals surface area contributed by atoms with Crippen LogP contribution in [0.25, 0.3) is 11.3 Å². The lowest BCUT2D eigenvalue weighted by Gasteiger charge is -2.14. The molecule has 0 saturated carbocycles. The number of carbonyl (C=O) groups excluding carboxylic acids is 1. The van der Waals surface area contributed by atoms with Gasteiger partial charge in [-0.1, -0.05) is 60.7 Å². The summed E-state index contributed by atoms with van der Waals surface area (Å²) in [5.41, 5.74) is 4.66. The zero-order valence-corrected chi connectivity index (χ0v) is 18.0. The first-order valence-electron chi connectivity index (χ1n) is 10.8. The molecule has 2 N–H and O–H groups in total. The molecule has 1 amide bonds. The van der Waals surface area contributed by atoms with Crippen LogP contribution in [0.2, 0.25) is 0 Å². The Morgan fingerprint density at radius 2 is 1.56 bits per heavy atom. The predicted molar refractivity (Wildman–Crippen MR) is 129 cm³/mol. The molecular formula is C27H26N4O. The number of anilines is 2. The van der Waals surface area contributed by atoms with Crippen molar-refractivity contribution >= 4 is 17.4 Å². The van der Waals surface area contributed by atoms with E-state index in [9.17, 15) is 4.79 Å². The van der Waals surface area contributed by atoms with E-state index in [1.807, 2.05) is 85.8 Å². The van der Waals surface area contributed by atoms with E-state index >= 15 is 0 Å². The number of nitrogens with zero attached hydrogens (tertiary/aromatic N) is 2. The zero-order valence-electron chi connectivity index (χ0n) is 18.0. The summed E-state index contributed by atoms with van der Waals surface area (Å²) in [5.74, 6) is 0.635. The minimum atomic E-state index is -0.0643. The van der Waals surface area contributed by atoms with Crippen LogP contribution in [0.5, 0.6) is 0 Å². The molecule has 0 fully saturated rings. The lowest BCUT2D eigenvalue weighted by molar-refractivity contribution is 0.0938. The summed E-state index contributed by atoms with van der Waals surface area (Å²) in [4.78, 5) is 21.2. The third-order valence-electron chi connectivity index (χ3n) is 5.24. The summed E-state index contributed by atoms with van der Waals surface area (Å²) >= 11 is 0. The van der Waals surface area contributed by atoms with E-state index < -0.39 is 0 Å². The lowest BCUT2D eigenvalue weighted by atomic mass is 10.1. The second kappa shape index (κ2) is 10.4. The second-order valence-corrected chi connectivity index (χ2v) is 7.76. The van der Waals surface area contributed by atoms with E-state index in [1.165, 1.54) is 5.56 Å². The van der Waals surface area contributed by atoms with Crippen molar-refractivity contribution in [1.29, 1.82) is 0 Å². The molecule has 5 heteroatoms. The highest BCUT2D eigenvalue weighted by molar-refractivity contribution is 5.94. The van der Waals surface area contributed by atoms with Gasteiger partial charge >= 0.3 is 0 Å². The van der Waals surface area contributed by atoms with E-state index in [0.29, 0.717) is 11.4 Å². The topological polar surface area (TPSA) is 66.9 Å². The second-order valence-electron chi connectivity index (χ2n) is 7.76. The van der Waals surface area contributed by atoms with Gasteiger partial charge in [0.05, 0.1) is 5.69 Å². The van der Waals surface area contributed by atoms with Gasteiger partial charge in [-0.15, -0.1) is 0 Å². The quantitative estimate of drug-likeness (QED) is 0.386. The number of nitrogens with one attached hydrogen (secondary N) is 2. The highest BCUT2D eigenvalue weighted by Crippen LogP contribution is 2.21. The maximum atomic E-state index is 12.6. The minimum absolute atomic E-state index is 0.0643. The Kier molecular flexibility index (Phi) is 6.88. The van der Waals surface area contributed by atoms with Gasteiger partial charge in [-0.3, -0.25) is 4.79 Å². The third-order valence-corrected chi connectivity index (χ3v) is 5.24. The highest BCUT2D eigenvalue weighted by atomic mass is 16.1. The van der Waals surface area contributed by atoms with Gasteiger partial charge in [-0.2, -0.15) is 0 Å². The molecule has 1 heterocycles. The van der Waals surface area contributed by atoms with Gasteiger partial charge < -0.3 is 10.6 Å². The maximum absolute atomic E-state index is 12.6. The fraction of sp³-hybridized carbons (Fsp3) is 0.148. The number of hydrogen-bond acceptors (Lipinski definition) is 4. The number of benzene rings is 3. The van der Waals surface area contributed by atoms with Crippen LogP contribution >= 0.6 is 0 Å². The molecule has 0 spiro atoms. The Balaban J connectivity index is 1.33. The molecule has 3 aromatic carbocycles. The van der Waals surface area contributed by atoms with E-state index in [4.69, 9.17) is 0 Å². The molecule has 1 aromatic heterocycles. The molecule has 1 atom stereocenters. The maximum Gasteiger partial charge on any atom is 0.251 e. The fourth-order valence-corrected chi connectivity index (χ4v) is 3.45. The molecule has 5 nitrogen and oxygen atoms in total. The summed E-state index contributed by atoms with van der Waals surface area (Å²) in [6.45, 7) is 2.04. The van der Waals surface area contributed by atoms with Crippen molar-refractivity contribution in [3.63, 3.8) is 0 Å². The Hall–Kier alpha value is -3.99. The van der Waals surface area contributed by atoms with Gasteiger partial charge in [0, 0.05) is 28.9 Å². The zero-order chi connectivity index (χ0) is 22.2. The molecule has 4 aromatic rings. The molecule has 0 aliphatic rings. The molecule has 0 unspecified atom stereocenters. The van der Waals surface area contributed by atoms with E-state index in [2.05, 4.69) is 32.7 Å².